The summed E-state index contributed by atoms with van der Waals surface area (Å²) in [5.74, 6) is 1.69. The Morgan fingerprint density at radius 3 is 2.10 bits per heavy atom. The van der Waals surface area contributed by atoms with Crippen molar-refractivity contribution in [3.63, 3.8) is 0 Å². The lowest BCUT2D eigenvalue weighted by molar-refractivity contribution is -0.139. The molecular weight excluding hydrogens is 504 g/mol. The van der Waals surface area contributed by atoms with Crippen molar-refractivity contribution in [2.24, 2.45) is 0 Å². The molecule has 0 atom stereocenters. The van der Waals surface area contributed by atoms with Crippen molar-refractivity contribution < 1.29 is 9.53 Å². The number of hydrogen-bond acceptors (Lipinski definition) is 7. The highest BCUT2D eigenvalue weighted by molar-refractivity contribution is 5.86. The molecule has 0 aliphatic rings. The number of nitrogens with zero attached hydrogens (tertiary/aromatic N) is 8. The number of ether oxygens (including phenoxy) is 1. The largest absolute Gasteiger partial charge is 0.462 e. The van der Waals surface area contributed by atoms with Crippen molar-refractivity contribution in [2.75, 3.05) is 6.61 Å². The van der Waals surface area contributed by atoms with E-state index in [1.54, 1.807) is 16.2 Å². The second-order valence-corrected chi connectivity index (χ2v) is 13.4. The highest BCUT2D eigenvalue weighted by Gasteiger charge is 2.30. The first-order valence-electron chi connectivity index (χ1n) is 14.1. The molecule has 4 rings (SSSR count). The SMILES string of the molecule is C=C(C)C(=O)OCCCn1c(C(C)C)nn2nc(C(C)(C)C)c(/C=c3/c(C(C)(C)C)nn4nc(C(C)C)nc34)c12. The van der Waals surface area contributed by atoms with Crippen LogP contribution in [-0.4, -0.2) is 51.8 Å². The van der Waals surface area contributed by atoms with Crippen LogP contribution < -0.4 is 5.22 Å². The maximum Gasteiger partial charge on any atom is 0.333 e. The van der Waals surface area contributed by atoms with Gasteiger partial charge in [0.15, 0.2) is 17.1 Å². The van der Waals surface area contributed by atoms with Gasteiger partial charge >= 0.3 is 5.97 Å². The van der Waals surface area contributed by atoms with Crippen molar-refractivity contribution in [1.82, 2.24) is 39.2 Å². The third-order valence-electron chi connectivity index (χ3n) is 6.76. The van der Waals surface area contributed by atoms with Crippen LogP contribution in [0.5, 0.6) is 0 Å². The molecule has 4 aromatic heterocycles. The number of carbonyl (C=O) groups is 1. The van der Waals surface area contributed by atoms with Crippen LogP contribution >= 0.6 is 0 Å². The van der Waals surface area contributed by atoms with Gasteiger partial charge in [-0.1, -0.05) is 75.8 Å². The van der Waals surface area contributed by atoms with E-state index < -0.39 is 0 Å². The van der Waals surface area contributed by atoms with Crippen LogP contribution in [0.2, 0.25) is 0 Å². The minimum Gasteiger partial charge on any atom is -0.462 e. The maximum atomic E-state index is 11.9. The van der Waals surface area contributed by atoms with Crippen molar-refractivity contribution >= 4 is 23.3 Å². The van der Waals surface area contributed by atoms with Gasteiger partial charge in [0.05, 0.1) is 18.0 Å². The molecule has 0 aliphatic carbocycles. The molecule has 0 saturated heterocycles. The Labute approximate surface area is 236 Å². The fraction of sp³-hybridized carbons (Fsp3) is 0.600. The Morgan fingerprint density at radius 1 is 0.925 bits per heavy atom. The molecule has 4 aromatic rings. The van der Waals surface area contributed by atoms with Gasteiger partial charge in [-0.05, 0) is 19.4 Å². The number of rotatable bonds is 8. The van der Waals surface area contributed by atoms with E-state index in [-0.39, 0.29) is 28.6 Å². The summed E-state index contributed by atoms with van der Waals surface area (Å²) in [7, 11) is 0. The molecule has 0 unspecified atom stereocenters. The summed E-state index contributed by atoms with van der Waals surface area (Å²) in [6.07, 6.45) is 2.81. The molecule has 4 heterocycles. The molecule has 0 amide bonds. The van der Waals surface area contributed by atoms with Crippen LogP contribution in [0.1, 0.15) is 123 Å². The van der Waals surface area contributed by atoms with Gasteiger partial charge in [0, 0.05) is 45.6 Å². The molecule has 0 aromatic carbocycles. The molecule has 0 fully saturated rings. The lowest BCUT2D eigenvalue weighted by Crippen LogP contribution is -2.23. The van der Waals surface area contributed by atoms with E-state index in [2.05, 4.69) is 91.6 Å². The van der Waals surface area contributed by atoms with Crippen LogP contribution in [0, 0.1) is 0 Å². The molecule has 0 N–H and O–H groups in total. The summed E-state index contributed by atoms with van der Waals surface area (Å²) < 4.78 is 11.0. The second kappa shape index (κ2) is 10.4. The van der Waals surface area contributed by atoms with E-state index in [0.717, 1.165) is 45.1 Å². The zero-order valence-corrected chi connectivity index (χ0v) is 26.0. The Bertz CT molecular complexity index is 1620. The van der Waals surface area contributed by atoms with Crippen LogP contribution in [0.15, 0.2) is 12.2 Å². The first kappa shape index (κ1) is 29.4. The molecule has 40 heavy (non-hydrogen) atoms. The highest BCUT2D eigenvalue weighted by atomic mass is 16.5. The van der Waals surface area contributed by atoms with Crippen LogP contribution in [0.25, 0.3) is 17.4 Å². The van der Waals surface area contributed by atoms with Gasteiger partial charge < -0.3 is 9.30 Å². The smallest absolute Gasteiger partial charge is 0.333 e. The van der Waals surface area contributed by atoms with Crippen molar-refractivity contribution in [1.29, 1.82) is 0 Å². The first-order chi connectivity index (χ1) is 18.5. The molecule has 10 nitrogen and oxygen atoms in total. The molecule has 0 radical (unpaired) electrons. The van der Waals surface area contributed by atoms with E-state index in [0.29, 0.717) is 25.1 Å². The summed E-state index contributed by atoms with van der Waals surface area (Å²) in [6.45, 7) is 27.6. The monoisotopic (exact) mass is 548 g/mol. The Morgan fingerprint density at radius 2 is 1.55 bits per heavy atom. The highest BCUT2D eigenvalue weighted by Crippen LogP contribution is 2.31. The predicted molar refractivity (Wildman–Crippen MR) is 157 cm³/mol. The van der Waals surface area contributed by atoms with Crippen LogP contribution in [0.3, 0.4) is 0 Å². The van der Waals surface area contributed by atoms with E-state index in [1.807, 2.05) is 0 Å². The quantitative estimate of drug-likeness (QED) is 0.176. The van der Waals surface area contributed by atoms with Crippen LogP contribution in [-0.2, 0) is 26.9 Å². The fourth-order valence-corrected chi connectivity index (χ4v) is 4.73. The van der Waals surface area contributed by atoms with E-state index >= 15 is 0 Å². The first-order valence-corrected chi connectivity index (χ1v) is 14.1. The summed E-state index contributed by atoms with van der Waals surface area (Å²) >= 11 is 0. The topological polar surface area (TPSA) is 104 Å². The summed E-state index contributed by atoms with van der Waals surface area (Å²) in [5.41, 5.74) is 4.44. The molecule has 0 bridgehead atoms. The average molecular weight is 549 g/mol. The standard InChI is InChI=1S/C30H44N8O2/c1-17(2)24-31-26-20(22(29(7,8)9)32-37(26)34-24)16-21-23(30(10,11)12)33-38-27(21)36(25(35-38)18(3)4)14-13-15-40-28(39)19(5)6/h16-18H,5,13-15H2,1-4,6-12H3/b20-16-. The van der Waals surface area contributed by atoms with Gasteiger partial charge in [-0.3, -0.25) is 0 Å². The van der Waals surface area contributed by atoms with E-state index in [9.17, 15) is 4.79 Å². The van der Waals surface area contributed by atoms with Crippen molar-refractivity contribution in [2.45, 2.75) is 112 Å². The number of hydrogen-bond donors (Lipinski definition) is 0. The van der Waals surface area contributed by atoms with Crippen LogP contribution in [0.4, 0.5) is 0 Å². The zero-order chi connectivity index (χ0) is 29.7. The summed E-state index contributed by atoms with van der Waals surface area (Å²) in [4.78, 5) is 16.8. The van der Waals surface area contributed by atoms with E-state index in [1.165, 1.54) is 0 Å². The normalized spacial score (nSPS) is 13.5. The minimum absolute atomic E-state index is 0.174. The lowest BCUT2D eigenvalue weighted by atomic mass is 9.88. The summed E-state index contributed by atoms with van der Waals surface area (Å²) in [6, 6.07) is 0. The fourth-order valence-electron chi connectivity index (χ4n) is 4.73. The minimum atomic E-state index is -0.371. The zero-order valence-electron chi connectivity index (χ0n) is 26.0. The number of aromatic nitrogens is 8. The molecule has 0 spiro atoms. The maximum absolute atomic E-state index is 11.9. The molecule has 0 aliphatic heterocycles. The van der Waals surface area contributed by atoms with Gasteiger partial charge in [-0.15, -0.1) is 19.5 Å². The molecular formula is C30H44N8O2. The number of aryl methyl sites for hydroxylation is 1. The lowest BCUT2D eigenvalue weighted by Gasteiger charge is -2.18. The molecule has 0 saturated carbocycles. The van der Waals surface area contributed by atoms with Crippen molar-refractivity contribution in [3.8, 4) is 0 Å². The predicted octanol–water partition coefficient (Wildman–Crippen LogP) is 4.87. The van der Waals surface area contributed by atoms with Crippen molar-refractivity contribution in [3.05, 3.63) is 46.0 Å². The third-order valence-corrected chi connectivity index (χ3v) is 6.76. The van der Waals surface area contributed by atoms with Gasteiger partial charge in [-0.2, -0.15) is 10.2 Å². The Balaban J connectivity index is 1.98. The number of esters is 1. The summed E-state index contributed by atoms with van der Waals surface area (Å²) in [5, 5.41) is 20.4. The van der Waals surface area contributed by atoms with Gasteiger partial charge in [0.25, 0.3) is 0 Å². The Hall–Kier alpha value is -3.56. The molecule has 216 valence electrons. The van der Waals surface area contributed by atoms with Gasteiger partial charge in [-0.25, -0.2) is 9.78 Å². The average Bonchev–Trinajstić information content (AvgIpc) is 3.55. The third kappa shape index (κ3) is 5.53. The van der Waals surface area contributed by atoms with Gasteiger partial charge in [0.1, 0.15) is 5.82 Å². The van der Waals surface area contributed by atoms with E-state index in [4.69, 9.17) is 25.0 Å². The second-order valence-electron chi connectivity index (χ2n) is 13.4. The molecule has 10 heteroatoms. The van der Waals surface area contributed by atoms with Gasteiger partial charge in [0.2, 0.25) is 0 Å². The Kier molecular flexibility index (Phi) is 7.68. The number of carbonyl (C=O) groups excluding carboxylic acids is 1. The number of fused-ring (bicyclic) bond motifs is 2.